The first kappa shape index (κ1) is 18.4. The highest BCUT2D eigenvalue weighted by molar-refractivity contribution is 5.89. The van der Waals surface area contributed by atoms with E-state index in [1.165, 1.54) is 40.1 Å². The van der Waals surface area contributed by atoms with Gasteiger partial charge in [0.2, 0.25) is 5.91 Å². The highest BCUT2D eigenvalue weighted by atomic mass is 19.4. The second kappa shape index (κ2) is 7.48. The zero-order valence-electron chi connectivity index (χ0n) is 14.1. The number of nitrogens with one attached hydrogen (secondary N) is 1. The van der Waals surface area contributed by atoms with Crippen LogP contribution in [0.25, 0.3) is 11.1 Å². The molecule has 11 heteroatoms. The Kier molecular flexibility index (Phi) is 5.10. The number of anilines is 1. The van der Waals surface area contributed by atoms with Crippen molar-refractivity contribution in [2.45, 2.75) is 26.4 Å². The monoisotopic (exact) mass is 380 g/mol. The second-order valence-electron chi connectivity index (χ2n) is 5.47. The van der Waals surface area contributed by atoms with Crippen molar-refractivity contribution in [3.8, 4) is 16.9 Å². The van der Waals surface area contributed by atoms with E-state index in [1.54, 1.807) is 12.3 Å². The number of hydrogen-bond acceptors (Lipinski definition) is 5. The SMILES string of the molecule is CCn1ncc(NC(=O)Cn2cc(-c3cccc(OC(F)(F)F)c3)cn2)n1. The lowest BCUT2D eigenvalue weighted by atomic mass is 10.1. The van der Waals surface area contributed by atoms with Gasteiger partial charge in [-0.3, -0.25) is 9.48 Å². The molecule has 0 radical (unpaired) electrons. The van der Waals surface area contributed by atoms with E-state index in [0.29, 0.717) is 23.5 Å². The number of aryl methyl sites for hydroxylation is 1. The van der Waals surface area contributed by atoms with Gasteiger partial charge in [0.25, 0.3) is 0 Å². The van der Waals surface area contributed by atoms with E-state index in [2.05, 4.69) is 25.3 Å². The van der Waals surface area contributed by atoms with Crippen molar-refractivity contribution in [1.29, 1.82) is 0 Å². The third-order valence-corrected chi connectivity index (χ3v) is 3.43. The third-order valence-electron chi connectivity index (χ3n) is 3.43. The summed E-state index contributed by atoms with van der Waals surface area (Å²) < 4.78 is 42.3. The second-order valence-corrected chi connectivity index (χ2v) is 5.47. The number of amides is 1. The Hall–Kier alpha value is -3.37. The molecule has 0 aliphatic carbocycles. The maximum Gasteiger partial charge on any atom is 0.573 e. The molecule has 2 heterocycles. The van der Waals surface area contributed by atoms with Crippen molar-refractivity contribution in [3.63, 3.8) is 0 Å². The first-order chi connectivity index (χ1) is 12.8. The number of aromatic nitrogens is 5. The Labute approximate surface area is 151 Å². The zero-order valence-corrected chi connectivity index (χ0v) is 14.1. The van der Waals surface area contributed by atoms with Crippen LogP contribution in [0.5, 0.6) is 5.75 Å². The molecule has 1 aromatic carbocycles. The molecule has 0 saturated heterocycles. The molecule has 142 valence electrons. The molecule has 0 spiro atoms. The van der Waals surface area contributed by atoms with Crippen LogP contribution in [0.1, 0.15) is 6.92 Å². The third kappa shape index (κ3) is 5.06. The molecule has 2 aromatic heterocycles. The summed E-state index contributed by atoms with van der Waals surface area (Å²) in [6.07, 6.45) is -0.328. The first-order valence-corrected chi connectivity index (χ1v) is 7.91. The normalized spacial score (nSPS) is 11.4. The van der Waals surface area contributed by atoms with Crippen LogP contribution in [0.15, 0.2) is 42.9 Å². The molecule has 0 fully saturated rings. The summed E-state index contributed by atoms with van der Waals surface area (Å²) in [5.41, 5.74) is 1.03. The lowest BCUT2D eigenvalue weighted by molar-refractivity contribution is -0.274. The Morgan fingerprint density at radius 2 is 2.04 bits per heavy atom. The predicted molar refractivity (Wildman–Crippen MR) is 88.7 cm³/mol. The first-order valence-electron chi connectivity index (χ1n) is 7.91. The number of rotatable bonds is 6. The van der Waals surface area contributed by atoms with Crippen LogP contribution in [0, 0.1) is 0 Å². The van der Waals surface area contributed by atoms with Gasteiger partial charge in [0, 0.05) is 11.8 Å². The van der Waals surface area contributed by atoms with Gasteiger partial charge in [-0.25, -0.2) is 0 Å². The van der Waals surface area contributed by atoms with E-state index in [1.807, 2.05) is 6.92 Å². The van der Waals surface area contributed by atoms with E-state index in [4.69, 9.17) is 0 Å². The number of ether oxygens (including phenoxy) is 1. The average molecular weight is 380 g/mol. The van der Waals surface area contributed by atoms with E-state index in [0.717, 1.165) is 0 Å². The molecule has 0 aliphatic heterocycles. The molecular formula is C16H15F3N6O2. The smallest absolute Gasteiger partial charge is 0.406 e. The maximum absolute atomic E-state index is 12.3. The largest absolute Gasteiger partial charge is 0.573 e. The molecule has 1 amide bonds. The van der Waals surface area contributed by atoms with Crippen molar-refractivity contribution in [2.75, 3.05) is 5.32 Å². The lowest BCUT2D eigenvalue weighted by Crippen LogP contribution is -2.19. The average Bonchev–Trinajstić information content (AvgIpc) is 3.23. The number of benzene rings is 1. The van der Waals surface area contributed by atoms with Crippen LogP contribution in [0.3, 0.4) is 0 Å². The fraction of sp³-hybridized carbons (Fsp3) is 0.250. The summed E-state index contributed by atoms with van der Waals surface area (Å²) in [5.74, 6) is -0.363. The van der Waals surface area contributed by atoms with Crippen molar-refractivity contribution in [3.05, 3.63) is 42.9 Å². The molecule has 3 rings (SSSR count). The van der Waals surface area contributed by atoms with Gasteiger partial charge >= 0.3 is 6.36 Å². The van der Waals surface area contributed by atoms with Crippen molar-refractivity contribution >= 4 is 11.7 Å². The number of carbonyl (C=O) groups excluding carboxylic acids is 1. The van der Waals surface area contributed by atoms with Crippen LogP contribution in [-0.2, 0) is 17.9 Å². The van der Waals surface area contributed by atoms with Gasteiger partial charge in [-0.15, -0.1) is 18.3 Å². The van der Waals surface area contributed by atoms with Gasteiger partial charge in [0.15, 0.2) is 5.82 Å². The molecule has 0 unspecified atom stereocenters. The number of nitrogens with zero attached hydrogens (tertiary/aromatic N) is 5. The zero-order chi connectivity index (χ0) is 19.4. The molecule has 3 aromatic rings. The van der Waals surface area contributed by atoms with E-state index < -0.39 is 6.36 Å². The number of alkyl halides is 3. The lowest BCUT2D eigenvalue weighted by Gasteiger charge is -2.09. The van der Waals surface area contributed by atoms with E-state index in [-0.39, 0.29) is 18.2 Å². The molecular weight excluding hydrogens is 365 g/mol. The molecule has 1 N–H and O–H groups in total. The summed E-state index contributed by atoms with van der Waals surface area (Å²) in [4.78, 5) is 13.5. The minimum absolute atomic E-state index is 0.0856. The summed E-state index contributed by atoms with van der Waals surface area (Å²) in [7, 11) is 0. The number of hydrogen-bond donors (Lipinski definition) is 1. The fourth-order valence-electron chi connectivity index (χ4n) is 2.31. The Morgan fingerprint density at radius 3 is 2.74 bits per heavy atom. The highest BCUT2D eigenvalue weighted by Crippen LogP contribution is 2.27. The minimum Gasteiger partial charge on any atom is -0.406 e. The predicted octanol–water partition coefficient (Wildman–Crippen LogP) is 2.70. The highest BCUT2D eigenvalue weighted by Gasteiger charge is 2.31. The van der Waals surface area contributed by atoms with Crippen LogP contribution in [0.4, 0.5) is 19.0 Å². The van der Waals surface area contributed by atoms with Crippen LogP contribution >= 0.6 is 0 Å². The maximum atomic E-state index is 12.3. The molecule has 8 nitrogen and oxygen atoms in total. The Morgan fingerprint density at radius 1 is 1.22 bits per heavy atom. The Bertz CT molecular complexity index is 934. The van der Waals surface area contributed by atoms with Gasteiger partial charge in [-0.1, -0.05) is 12.1 Å². The molecule has 27 heavy (non-hydrogen) atoms. The fourth-order valence-corrected chi connectivity index (χ4v) is 2.31. The van der Waals surface area contributed by atoms with E-state index >= 15 is 0 Å². The quantitative estimate of drug-likeness (QED) is 0.711. The van der Waals surface area contributed by atoms with Crippen molar-refractivity contribution in [1.82, 2.24) is 24.8 Å². The summed E-state index contributed by atoms with van der Waals surface area (Å²) in [6, 6.07) is 5.52. The molecule has 0 bridgehead atoms. The standard InChI is InChI=1S/C16H15F3N6O2/c1-2-25-21-8-14(23-25)22-15(26)10-24-9-12(7-20-24)11-4-3-5-13(6-11)27-16(17,18)19/h3-9H,2,10H2,1H3,(H,22,23,26). The topological polar surface area (TPSA) is 86.9 Å². The van der Waals surface area contributed by atoms with Crippen LogP contribution in [-0.4, -0.2) is 37.0 Å². The van der Waals surface area contributed by atoms with Gasteiger partial charge in [-0.05, 0) is 24.6 Å². The summed E-state index contributed by atoms with van der Waals surface area (Å²) >= 11 is 0. The molecule has 0 saturated carbocycles. The van der Waals surface area contributed by atoms with Crippen LogP contribution < -0.4 is 10.1 Å². The van der Waals surface area contributed by atoms with Gasteiger partial charge in [0.1, 0.15) is 12.3 Å². The molecule has 0 atom stereocenters. The van der Waals surface area contributed by atoms with E-state index in [9.17, 15) is 18.0 Å². The van der Waals surface area contributed by atoms with Gasteiger partial charge in [0.05, 0.1) is 18.9 Å². The number of carbonyl (C=O) groups is 1. The van der Waals surface area contributed by atoms with Crippen molar-refractivity contribution in [2.24, 2.45) is 0 Å². The van der Waals surface area contributed by atoms with Gasteiger partial charge < -0.3 is 10.1 Å². The summed E-state index contributed by atoms with van der Waals surface area (Å²) in [6.45, 7) is 2.36. The van der Waals surface area contributed by atoms with Gasteiger partial charge in [-0.2, -0.15) is 15.0 Å². The number of halogens is 3. The summed E-state index contributed by atoms with van der Waals surface area (Å²) in [5, 5.41) is 14.6. The van der Waals surface area contributed by atoms with Crippen molar-refractivity contribution < 1.29 is 22.7 Å². The Balaban J connectivity index is 1.66. The minimum atomic E-state index is -4.76. The van der Waals surface area contributed by atoms with Crippen LogP contribution in [0.2, 0.25) is 0 Å². The molecule has 0 aliphatic rings.